The summed E-state index contributed by atoms with van der Waals surface area (Å²) in [5, 5.41) is 2.33. The van der Waals surface area contributed by atoms with Gasteiger partial charge in [-0.05, 0) is 47.0 Å². The van der Waals surface area contributed by atoms with Crippen molar-refractivity contribution in [3.05, 3.63) is 103 Å². The van der Waals surface area contributed by atoms with Crippen LogP contribution >= 0.6 is 0 Å². The van der Waals surface area contributed by atoms with Crippen LogP contribution in [-0.4, -0.2) is 15.0 Å². The smallest absolute Gasteiger partial charge is 0.159 e. The summed E-state index contributed by atoms with van der Waals surface area (Å²) in [6.45, 7) is 4.56. The summed E-state index contributed by atoms with van der Waals surface area (Å²) in [6, 6.07) is 25.1. The first-order chi connectivity index (χ1) is 16.6. The van der Waals surface area contributed by atoms with E-state index in [9.17, 15) is 0 Å². The summed E-state index contributed by atoms with van der Waals surface area (Å²) in [4.78, 5) is 13.7. The molecule has 4 heteroatoms. The number of aromatic nitrogens is 3. The van der Waals surface area contributed by atoms with Gasteiger partial charge in [-0.15, -0.1) is 0 Å². The van der Waals surface area contributed by atoms with Crippen LogP contribution in [0.2, 0.25) is 0 Å². The molecule has 0 spiro atoms. The van der Waals surface area contributed by atoms with Crippen molar-refractivity contribution in [3.63, 3.8) is 0 Å². The van der Waals surface area contributed by atoms with Crippen molar-refractivity contribution in [2.75, 3.05) is 0 Å². The van der Waals surface area contributed by atoms with Crippen LogP contribution in [0.5, 0.6) is 0 Å². The van der Waals surface area contributed by atoms with Gasteiger partial charge in [0.05, 0.1) is 5.69 Å². The van der Waals surface area contributed by atoms with Crippen molar-refractivity contribution in [1.82, 2.24) is 15.0 Å². The van der Waals surface area contributed by atoms with Gasteiger partial charge >= 0.3 is 0 Å². The molecule has 1 aliphatic carbocycles. The molecule has 0 bridgehead atoms. The fraction of sp³-hybridized carbons (Fsp3) is 0.100. The topological polar surface area (TPSA) is 51.8 Å². The second-order valence-corrected chi connectivity index (χ2v) is 9.36. The Labute approximate surface area is 197 Å². The number of hydrogen-bond donors (Lipinski definition) is 0. The van der Waals surface area contributed by atoms with Crippen molar-refractivity contribution in [2.45, 2.75) is 19.3 Å². The minimum Gasteiger partial charge on any atom is -0.456 e. The molecular weight excluding hydrogens is 418 g/mol. The van der Waals surface area contributed by atoms with E-state index >= 15 is 0 Å². The average Bonchev–Trinajstić information content (AvgIpc) is 3.37. The number of benzene rings is 3. The van der Waals surface area contributed by atoms with E-state index in [-0.39, 0.29) is 5.41 Å². The standard InChI is InChI=1S/C30H21N3O/c1-30(2)24-13-10-18(29-32-16-19(17-33-29)25-8-5-6-14-31-25)15-23(24)21-11-12-22-20-7-3-4-9-26(20)34-28(22)27(21)30/h3-17H,1-2H3. The molecule has 0 radical (unpaired) electrons. The second-order valence-electron chi connectivity index (χ2n) is 9.36. The molecule has 1 aliphatic rings. The monoisotopic (exact) mass is 439 g/mol. The van der Waals surface area contributed by atoms with E-state index in [1.54, 1.807) is 6.20 Å². The van der Waals surface area contributed by atoms with E-state index in [4.69, 9.17) is 4.42 Å². The van der Waals surface area contributed by atoms with Gasteiger partial charge in [-0.25, -0.2) is 9.97 Å². The predicted molar refractivity (Wildman–Crippen MR) is 136 cm³/mol. The third-order valence-electron chi connectivity index (χ3n) is 7.03. The molecule has 0 atom stereocenters. The zero-order chi connectivity index (χ0) is 22.9. The van der Waals surface area contributed by atoms with Gasteiger partial charge in [0.25, 0.3) is 0 Å². The minimum atomic E-state index is -0.166. The lowest BCUT2D eigenvalue weighted by Gasteiger charge is -2.21. The Kier molecular flexibility index (Phi) is 3.86. The van der Waals surface area contributed by atoms with Gasteiger partial charge in [0, 0.05) is 51.5 Å². The SMILES string of the molecule is CC1(C)c2ccc(-c3ncc(-c4ccccn4)cn3)cc2-c2ccc3c(oc4ccccc43)c21. The Bertz CT molecular complexity index is 1710. The van der Waals surface area contributed by atoms with Gasteiger partial charge in [-0.1, -0.05) is 56.3 Å². The van der Waals surface area contributed by atoms with E-state index in [1.165, 1.54) is 27.6 Å². The summed E-state index contributed by atoms with van der Waals surface area (Å²) in [5.41, 5.74) is 9.51. The molecule has 3 heterocycles. The van der Waals surface area contributed by atoms with Crippen LogP contribution in [0.25, 0.3) is 55.7 Å². The number of hydrogen-bond acceptors (Lipinski definition) is 4. The molecule has 0 unspecified atom stereocenters. The zero-order valence-electron chi connectivity index (χ0n) is 18.9. The Hall–Kier alpha value is -4.31. The Morgan fingerprint density at radius 3 is 2.35 bits per heavy atom. The minimum absolute atomic E-state index is 0.166. The number of rotatable bonds is 2. The van der Waals surface area contributed by atoms with Crippen LogP contribution in [0.15, 0.2) is 95.8 Å². The maximum Gasteiger partial charge on any atom is 0.159 e. The van der Waals surface area contributed by atoms with Crippen LogP contribution < -0.4 is 0 Å². The molecule has 34 heavy (non-hydrogen) atoms. The second kappa shape index (κ2) is 6.84. The van der Waals surface area contributed by atoms with Crippen molar-refractivity contribution >= 4 is 21.9 Å². The van der Waals surface area contributed by atoms with Gasteiger partial charge in [0.1, 0.15) is 11.2 Å². The first kappa shape index (κ1) is 19.2. The summed E-state index contributed by atoms with van der Waals surface area (Å²) in [5.74, 6) is 0.707. The average molecular weight is 440 g/mol. The van der Waals surface area contributed by atoms with Crippen LogP contribution in [-0.2, 0) is 5.41 Å². The first-order valence-corrected chi connectivity index (χ1v) is 11.4. The fourth-order valence-electron chi connectivity index (χ4n) is 5.36. The van der Waals surface area contributed by atoms with Crippen molar-refractivity contribution < 1.29 is 4.42 Å². The highest BCUT2D eigenvalue weighted by Crippen LogP contribution is 2.53. The Balaban J connectivity index is 1.37. The summed E-state index contributed by atoms with van der Waals surface area (Å²) in [6.07, 6.45) is 5.46. The van der Waals surface area contributed by atoms with E-state index in [0.29, 0.717) is 5.82 Å². The molecule has 162 valence electrons. The summed E-state index contributed by atoms with van der Waals surface area (Å²) in [7, 11) is 0. The maximum absolute atomic E-state index is 6.40. The van der Waals surface area contributed by atoms with E-state index < -0.39 is 0 Å². The maximum atomic E-state index is 6.40. The molecule has 0 N–H and O–H groups in total. The Morgan fingerprint density at radius 1 is 0.706 bits per heavy atom. The molecular formula is C30H21N3O. The van der Waals surface area contributed by atoms with Gasteiger partial charge in [-0.3, -0.25) is 4.98 Å². The quantitative estimate of drug-likeness (QED) is 0.282. The highest BCUT2D eigenvalue weighted by molar-refractivity contribution is 6.09. The Morgan fingerprint density at radius 2 is 1.53 bits per heavy atom. The molecule has 0 amide bonds. The first-order valence-electron chi connectivity index (χ1n) is 11.4. The molecule has 0 fully saturated rings. The molecule has 0 saturated heterocycles. The van der Waals surface area contributed by atoms with Crippen molar-refractivity contribution in [3.8, 4) is 33.8 Å². The van der Waals surface area contributed by atoms with Gasteiger partial charge in [0.15, 0.2) is 5.82 Å². The number of nitrogens with zero attached hydrogens (tertiary/aromatic N) is 3. The largest absolute Gasteiger partial charge is 0.456 e. The predicted octanol–water partition coefficient (Wildman–Crippen LogP) is 7.41. The lowest BCUT2D eigenvalue weighted by atomic mass is 9.81. The molecule has 4 nitrogen and oxygen atoms in total. The molecule has 3 aromatic heterocycles. The van der Waals surface area contributed by atoms with Crippen LogP contribution in [0.3, 0.4) is 0 Å². The van der Waals surface area contributed by atoms with Crippen molar-refractivity contribution in [2.24, 2.45) is 0 Å². The third kappa shape index (κ3) is 2.62. The van der Waals surface area contributed by atoms with Gasteiger partial charge in [-0.2, -0.15) is 0 Å². The van der Waals surface area contributed by atoms with Gasteiger partial charge < -0.3 is 4.42 Å². The van der Waals surface area contributed by atoms with Crippen LogP contribution in [0.1, 0.15) is 25.0 Å². The van der Waals surface area contributed by atoms with E-state index in [0.717, 1.165) is 33.4 Å². The number of pyridine rings is 1. The number of furan rings is 1. The van der Waals surface area contributed by atoms with Crippen LogP contribution in [0.4, 0.5) is 0 Å². The van der Waals surface area contributed by atoms with Crippen molar-refractivity contribution in [1.29, 1.82) is 0 Å². The lowest BCUT2D eigenvalue weighted by Crippen LogP contribution is -2.15. The highest BCUT2D eigenvalue weighted by atomic mass is 16.3. The number of fused-ring (bicyclic) bond motifs is 7. The summed E-state index contributed by atoms with van der Waals surface area (Å²) < 4.78 is 6.40. The molecule has 7 rings (SSSR count). The third-order valence-corrected chi connectivity index (χ3v) is 7.03. The zero-order valence-corrected chi connectivity index (χ0v) is 18.9. The fourth-order valence-corrected chi connectivity index (χ4v) is 5.36. The van der Waals surface area contributed by atoms with Gasteiger partial charge in [0.2, 0.25) is 0 Å². The number of para-hydroxylation sites is 1. The molecule has 3 aromatic carbocycles. The highest BCUT2D eigenvalue weighted by Gasteiger charge is 2.38. The molecule has 0 aliphatic heterocycles. The molecule has 6 aromatic rings. The molecule has 0 saturated carbocycles. The normalized spacial score (nSPS) is 13.8. The van der Waals surface area contributed by atoms with E-state index in [2.05, 4.69) is 71.3 Å². The lowest BCUT2D eigenvalue weighted by molar-refractivity contribution is 0.620. The van der Waals surface area contributed by atoms with E-state index in [1.807, 2.05) is 42.7 Å². The van der Waals surface area contributed by atoms with Crippen LogP contribution in [0, 0.1) is 0 Å². The summed E-state index contributed by atoms with van der Waals surface area (Å²) >= 11 is 0.